The van der Waals surface area contributed by atoms with Gasteiger partial charge in [0.1, 0.15) is 0 Å². The maximum absolute atomic E-state index is 5.91. The van der Waals surface area contributed by atoms with Crippen LogP contribution < -0.4 is 11.5 Å². The molecule has 0 amide bonds. The molecule has 0 aromatic rings. The molecule has 0 rings (SSSR count). The Morgan fingerprint density at radius 1 is 0.750 bits per heavy atom. The Labute approximate surface area is 76.7 Å². The van der Waals surface area contributed by atoms with Gasteiger partial charge in [-0.15, -0.1) is 0 Å². The lowest BCUT2D eigenvalue weighted by Crippen LogP contribution is -2.32. The molecule has 0 radical (unpaired) electrons. The summed E-state index contributed by atoms with van der Waals surface area (Å²) < 4.78 is 0. The summed E-state index contributed by atoms with van der Waals surface area (Å²) in [5.74, 6) is 1.15. The van der Waals surface area contributed by atoms with Gasteiger partial charge >= 0.3 is 0 Å². The van der Waals surface area contributed by atoms with Crippen molar-refractivity contribution in [1.82, 2.24) is 0 Å². The first-order valence-corrected chi connectivity index (χ1v) is 4.96. The zero-order valence-corrected chi connectivity index (χ0v) is 8.88. The molecule has 2 heteroatoms. The lowest BCUT2D eigenvalue weighted by Gasteiger charge is -2.20. The van der Waals surface area contributed by atoms with E-state index < -0.39 is 0 Å². The van der Waals surface area contributed by atoms with E-state index in [0.29, 0.717) is 23.9 Å². The van der Waals surface area contributed by atoms with Crippen LogP contribution in [0.5, 0.6) is 0 Å². The predicted octanol–water partition coefficient (Wildman–Crippen LogP) is 1.73. The fraction of sp³-hybridized carbons (Fsp3) is 1.00. The summed E-state index contributed by atoms with van der Waals surface area (Å²) in [4.78, 5) is 0. The summed E-state index contributed by atoms with van der Waals surface area (Å²) in [7, 11) is 0. The molecule has 2 nitrogen and oxygen atoms in total. The summed E-state index contributed by atoms with van der Waals surface area (Å²) in [5, 5.41) is 0. The molecule has 74 valence electrons. The van der Waals surface area contributed by atoms with Gasteiger partial charge in [-0.1, -0.05) is 27.7 Å². The summed E-state index contributed by atoms with van der Waals surface area (Å²) in [6, 6.07) is 0.629. The largest absolute Gasteiger partial charge is 0.327 e. The van der Waals surface area contributed by atoms with Crippen molar-refractivity contribution in [3.63, 3.8) is 0 Å². The zero-order valence-electron chi connectivity index (χ0n) is 8.88. The quantitative estimate of drug-likeness (QED) is 0.663. The van der Waals surface area contributed by atoms with Gasteiger partial charge < -0.3 is 11.5 Å². The first-order valence-electron chi connectivity index (χ1n) is 4.96. The molecule has 12 heavy (non-hydrogen) atoms. The Kier molecular flexibility index (Phi) is 5.51. The van der Waals surface area contributed by atoms with Gasteiger partial charge in [0, 0.05) is 12.1 Å². The second-order valence-corrected chi connectivity index (χ2v) is 4.39. The maximum atomic E-state index is 5.91. The minimum Gasteiger partial charge on any atom is -0.327 e. The molecule has 0 saturated carbocycles. The fourth-order valence-electron chi connectivity index (χ4n) is 1.05. The van der Waals surface area contributed by atoms with Crippen molar-refractivity contribution in [2.45, 2.75) is 52.6 Å². The topological polar surface area (TPSA) is 52.0 Å². The predicted molar refractivity (Wildman–Crippen MR) is 54.9 cm³/mol. The van der Waals surface area contributed by atoms with Gasteiger partial charge in [-0.05, 0) is 24.7 Å². The van der Waals surface area contributed by atoms with Crippen LogP contribution in [0.25, 0.3) is 0 Å². The fourth-order valence-corrected chi connectivity index (χ4v) is 1.05. The number of hydrogen-bond acceptors (Lipinski definition) is 2. The molecule has 4 N–H and O–H groups in total. The van der Waals surface area contributed by atoms with Crippen LogP contribution in [-0.2, 0) is 0 Å². The van der Waals surface area contributed by atoms with Gasteiger partial charge in [-0.2, -0.15) is 0 Å². The average Bonchev–Trinajstić information content (AvgIpc) is 1.98. The van der Waals surface area contributed by atoms with Crippen molar-refractivity contribution in [2.75, 3.05) is 0 Å². The third-order valence-corrected chi connectivity index (χ3v) is 2.55. The van der Waals surface area contributed by atoms with E-state index in [9.17, 15) is 0 Å². The van der Waals surface area contributed by atoms with Gasteiger partial charge in [-0.3, -0.25) is 0 Å². The molecule has 0 fully saturated rings. The lowest BCUT2D eigenvalue weighted by molar-refractivity contribution is 0.390. The van der Waals surface area contributed by atoms with Crippen molar-refractivity contribution in [1.29, 1.82) is 0 Å². The minimum absolute atomic E-state index is 0.315. The molecule has 0 aromatic heterocycles. The van der Waals surface area contributed by atoms with E-state index in [-0.39, 0.29) is 0 Å². The second-order valence-electron chi connectivity index (χ2n) is 4.39. The van der Waals surface area contributed by atoms with E-state index in [1.807, 2.05) is 0 Å². The van der Waals surface area contributed by atoms with E-state index in [1.165, 1.54) is 0 Å². The van der Waals surface area contributed by atoms with Crippen LogP contribution >= 0.6 is 0 Å². The molecule has 2 unspecified atom stereocenters. The van der Waals surface area contributed by atoms with Gasteiger partial charge in [0.25, 0.3) is 0 Å². The van der Waals surface area contributed by atoms with Gasteiger partial charge in [0.05, 0.1) is 0 Å². The van der Waals surface area contributed by atoms with Crippen LogP contribution in [0.2, 0.25) is 0 Å². The molecule has 0 heterocycles. The molecular weight excluding hydrogens is 148 g/mol. The van der Waals surface area contributed by atoms with Gasteiger partial charge in [-0.25, -0.2) is 0 Å². The summed E-state index contributed by atoms with van der Waals surface area (Å²) in [6.07, 6.45) is 2.11. The molecular formula is C10H24N2. The summed E-state index contributed by atoms with van der Waals surface area (Å²) in [5.41, 5.74) is 11.8. The SMILES string of the molecule is CC(C)C(N)CCC(N)C(C)C. The van der Waals surface area contributed by atoms with Crippen LogP contribution in [0.15, 0.2) is 0 Å². The Balaban J connectivity index is 3.54. The zero-order chi connectivity index (χ0) is 9.72. The molecule has 0 aliphatic carbocycles. The molecule has 0 bridgehead atoms. The number of rotatable bonds is 5. The Morgan fingerprint density at radius 3 is 1.17 bits per heavy atom. The summed E-state index contributed by atoms with van der Waals surface area (Å²) >= 11 is 0. The van der Waals surface area contributed by atoms with Crippen molar-refractivity contribution < 1.29 is 0 Å². The Morgan fingerprint density at radius 2 is 1.00 bits per heavy atom. The first kappa shape index (κ1) is 11.9. The molecule has 2 atom stereocenters. The second kappa shape index (κ2) is 5.55. The third-order valence-electron chi connectivity index (χ3n) is 2.55. The first-order chi connectivity index (χ1) is 5.45. The van der Waals surface area contributed by atoms with Crippen molar-refractivity contribution >= 4 is 0 Å². The average molecular weight is 172 g/mol. The highest BCUT2D eigenvalue weighted by atomic mass is 14.7. The van der Waals surface area contributed by atoms with Gasteiger partial charge in [0.15, 0.2) is 0 Å². The molecule has 0 aromatic carbocycles. The van der Waals surface area contributed by atoms with E-state index in [1.54, 1.807) is 0 Å². The normalized spacial score (nSPS) is 17.0. The third kappa shape index (κ3) is 4.73. The van der Waals surface area contributed by atoms with E-state index in [2.05, 4.69) is 27.7 Å². The number of nitrogens with two attached hydrogens (primary N) is 2. The Hall–Kier alpha value is -0.0800. The standard InChI is InChI=1S/C10H24N2/c1-7(2)9(11)5-6-10(12)8(3)4/h7-10H,5-6,11-12H2,1-4H3. The van der Waals surface area contributed by atoms with E-state index >= 15 is 0 Å². The van der Waals surface area contributed by atoms with Crippen molar-refractivity contribution in [3.8, 4) is 0 Å². The van der Waals surface area contributed by atoms with Crippen molar-refractivity contribution in [2.24, 2.45) is 23.3 Å². The number of hydrogen-bond donors (Lipinski definition) is 2. The van der Waals surface area contributed by atoms with Crippen LogP contribution in [0.1, 0.15) is 40.5 Å². The molecule has 0 spiro atoms. The van der Waals surface area contributed by atoms with Crippen LogP contribution in [-0.4, -0.2) is 12.1 Å². The summed E-state index contributed by atoms with van der Waals surface area (Å²) in [6.45, 7) is 8.63. The molecule has 0 saturated heterocycles. The maximum Gasteiger partial charge on any atom is 0.00624 e. The molecule has 0 aliphatic rings. The van der Waals surface area contributed by atoms with Crippen LogP contribution in [0.4, 0.5) is 0 Å². The highest BCUT2D eigenvalue weighted by Gasteiger charge is 2.12. The monoisotopic (exact) mass is 172 g/mol. The lowest BCUT2D eigenvalue weighted by atomic mass is 9.94. The van der Waals surface area contributed by atoms with Crippen LogP contribution in [0, 0.1) is 11.8 Å². The van der Waals surface area contributed by atoms with Gasteiger partial charge in [0.2, 0.25) is 0 Å². The molecule has 0 aliphatic heterocycles. The van der Waals surface area contributed by atoms with E-state index in [4.69, 9.17) is 11.5 Å². The Bertz CT molecular complexity index is 96.4. The van der Waals surface area contributed by atoms with Crippen molar-refractivity contribution in [3.05, 3.63) is 0 Å². The van der Waals surface area contributed by atoms with E-state index in [0.717, 1.165) is 12.8 Å². The highest BCUT2D eigenvalue weighted by molar-refractivity contribution is 4.71. The van der Waals surface area contributed by atoms with Crippen LogP contribution in [0.3, 0.4) is 0 Å². The highest BCUT2D eigenvalue weighted by Crippen LogP contribution is 2.10. The smallest absolute Gasteiger partial charge is 0.00624 e. The minimum atomic E-state index is 0.315.